The number of aromatic nitrogens is 1. The molecule has 1 atom stereocenters. The van der Waals surface area contributed by atoms with E-state index in [1.165, 1.54) is 11.3 Å². The lowest BCUT2D eigenvalue weighted by Gasteiger charge is -2.11. The molecule has 0 fully saturated rings. The maximum Gasteiger partial charge on any atom is 0.358 e. The van der Waals surface area contributed by atoms with Gasteiger partial charge in [0.1, 0.15) is 5.01 Å². The Balaban J connectivity index is 1.51. The number of carbonyl (C=O) groups is 2. The van der Waals surface area contributed by atoms with Crippen LogP contribution in [0.3, 0.4) is 0 Å². The SMILES string of the molecule is C[C@@H](NC(=O)COC(=O)c1csc(-c2cccs2)n1)c1cccs1. The fourth-order valence-corrected chi connectivity index (χ4v) is 4.32. The van der Waals surface area contributed by atoms with Crippen molar-refractivity contribution in [3.05, 3.63) is 51.0 Å². The zero-order valence-electron chi connectivity index (χ0n) is 12.7. The van der Waals surface area contributed by atoms with Crippen molar-refractivity contribution >= 4 is 45.9 Å². The van der Waals surface area contributed by atoms with Gasteiger partial charge in [0, 0.05) is 10.3 Å². The normalized spacial score (nSPS) is 11.9. The first-order chi connectivity index (χ1) is 11.6. The smallest absolute Gasteiger partial charge is 0.358 e. The second-order valence-corrected chi connectivity index (χ2v) is 7.68. The van der Waals surface area contributed by atoms with Crippen LogP contribution >= 0.6 is 34.0 Å². The van der Waals surface area contributed by atoms with Gasteiger partial charge in [0.25, 0.3) is 5.91 Å². The van der Waals surface area contributed by atoms with Crippen LogP contribution in [0.15, 0.2) is 40.4 Å². The van der Waals surface area contributed by atoms with Crippen LogP contribution in [0, 0.1) is 0 Å². The molecule has 8 heteroatoms. The summed E-state index contributed by atoms with van der Waals surface area (Å²) in [5.74, 6) is -0.925. The van der Waals surface area contributed by atoms with Gasteiger partial charge in [0.2, 0.25) is 0 Å². The number of esters is 1. The van der Waals surface area contributed by atoms with E-state index in [9.17, 15) is 9.59 Å². The quantitative estimate of drug-likeness (QED) is 0.659. The molecule has 3 rings (SSSR count). The molecule has 1 amide bonds. The van der Waals surface area contributed by atoms with Crippen LogP contribution in [0.25, 0.3) is 9.88 Å². The van der Waals surface area contributed by atoms with Crippen LogP contribution in [0.5, 0.6) is 0 Å². The molecular weight excluding hydrogens is 364 g/mol. The molecule has 0 saturated heterocycles. The van der Waals surface area contributed by atoms with Crippen molar-refractivity contribution in [1.29, 1.82) is 0 Å². The average molecular weight is 379 g/mol. The molecule has 0 aliphatic rings. The van der Waals surface area contributed by atoms with E-state index in [2.05, 4.69) is 10.3 Å². The zero-order valence-corrected chi connectivity index (χ0v) is 15.2. The number of amides is 1. The lowest BCUT2D eigenvalue weighted by atomic mass is 10.3. The van der Waals surface area contributed by atoms with Crippen molar-refractivity contribution < 1.29 is 14.3 Å². The Kier molecular flexibility index (Phi) is 5.39. The van der Waals surface area contributed by atoms with E-state index in [4.69, 9.17) is 4.74 Å². The standard InChI is InChI=1S/C16H14N2O3S3/c1-10(12-4-2-6-22-12)17-14(19)8-21-16(20)11-9-24-15(18-11)13-5-3-7-23-13/h2-7,9-10H,8H2,1H3,(H,17,19)/t10-/m1/s1. The van der Waals surface area contributed by atoms with E-state index in [1.807, 2.05) is 41.9 Å². The first kappa shape index (κ1) is 16.8. The van der Waals surface area contributed by atoms with Gasteiger partial charge in [-0.05, 0) is 29.8 Å². The summed E-state index contributed by atoms with van der Waals surface area (Å²) >= 11 is 4.50. The second kappa shape index (κ2) is 7.69. The molecule has 3 heterocycles. The molecule has 3 aromatic rings. The molecule has 0 aliphatic heterocycles. The molecule has 5 nitrogen and oxygen atoms in total. The monoisotopic (exact) mass is 378 g/mol. The first-order valence-corrected chi connectivity index (χ1v) is 9.76. The molecule has 0 saturated carbocycles. The Morgan fingerprint density at radius 2 is 2.00 bits per heavy atom. The predicted molar refractivity (Wildman–Crippen MR) is 96.6 cm³/mol. The third-order valence-corrected chi connectivity index (χ3v) is 6.06. The fraction of sp³-hybridized carbons (Fsp3) is 0.188. The van der Waals surface area contributed by atoms with E-state index in [-0.39, 0.29) is 24.2 Å². The lowest BCUT2D eigenvalue weighted by Crippen LogP contribution is -2.30. The predicted octanol–water partition coefficient (Wildman–Crippen LogP) is 3.97. The van der Waals surface area contributed by atoms with Gasteiger partial charge in [-0.1, -0.05) is 12.1 Å². The van der Waals surface area contributed by atoms with Gasteiger partial charge in [-0.25, -0.2) is 9.78 Å². The molecule has 1 N–H and O–H groups in total. The molecule has 0 spiro atoms. The summed E-state index contributed by atoms with van der Waals surface area (Å²) in [4.78, 5) is 30.2. The van der Waals surface area contributed by atoms with Gasteiger partial charge in [0.15, 0.2) is 12.3 Å². The third kappa shape index (κ3) is 4.08. The first-order valence-electron chi connectivity index (χ1n) is 7.13. The van der Waals surface area contributed by atoms with Crippen LogP contribution in [0.4, 0.5) is 0 Å². The number of nitrogens with one attached hydrogen (secondary N) is 1. The average Bonchev–Trinajstić information content (AvgIpc) is 3.34. The molecule has 0 radical (unpaired) electrons. The van der Waals surface area contributed by atoms with Crippen LogP contribution in [0.2, 0.25) is 0 Å². The van der Waals surface area contributed by atoms with Crippen molar-refractivity contribution in [3.8, 4) is 9.88 Å². The molecule has 0 bridgehead atoms. The Bertz CT molecular complexity index is 810. The van der Waals surface area contributed by atoms with Gasteiger partial charge < -0.3 is 10.1 Å². The summed E-state index contributed by atoms with van der Waals surface area (Å²) in [5.41, 5.74) is 0.225. The highest BCUT2D eigenvalue weighted by Crippen LogP contribution is 2.27. The maximum absolute atomic E-state index is 12.0. The number of thiophene rings is 2. The highest BCUT2D eigenvalue weighted by Gasteiger charge is 2.16. The second-order valence-electron chi connectivity index (χ2n) is 4.90. The Hall–Kier alpha value is -2.03. The minimum absolute atomic E-state index is 0.110. The molecule has 24 heavy (non-hydrogen) atoms. The summed E-state index contributed by atoms with van der Waals surface area (Å²) in [7, 11) is 0. The highest BCUT2D eigenvalue weighted by atomic mass is 32.1. The van der Waals surface area contributed by atoms with Crippen molar-refractivity contribution in [2.24, 2.45) is 0 Å². The van der Waals surface area contributed by atoms with Gasteiger partial charge in [-0.15, -0.1) is 34.0 Å². The number of rotatable bonds is 6. The van der Waals surface area contributed by atoms with Crippen molar-refractivity contribution in [2.45, 2.75) is 13.0 Å². The number of thiazole rings is 1. The van der Waals surface area contributed by atoms with Crippen LogP contribution in [0.1, 0.15) is 28.3 Å². The maximum atomic E-state index is 12.0. The van der Waals surface area contributed by atoms with Crippen molar-refractivity contribution in [1.82, 2.24) is 10.3 Å². The van der Waals surface area contributed by atoms with Crippen LogP contribution in [-0.2, 0) is 9.53 Å². The van der Waals surface area contributed by atoms with Crippen LogP contribution in [-0.4, -0.2) is 23.5 Å². The molecule has 0 aromatic carbocycles. The molecule has 0 aliphatic carbocycles. The van der Waals surface area contributed by atoms with Crippen LogP contribution < -0.4 is 5.32 Å². The Labute approximate surface area is 150 Å². The van der Waals surface area contributed by atoms with Crippen molar-refractivity contribution in [2.75, 3.05) is 6.61 Å². The van der Waals surface area contributed by atoms with Gasteiger partial charge in [-0.2, -0.15) is 0 Å². The number of ether oxygens (including phenoxy) is 1. The summed E-state index contributed by atoms with van der Waals surface area (Å²) in [6.07, 6.45) is 0. The summed E-state index contributed by atoms with van der Waals surface area (Å²) < 4.78 is 5.04. The number of hydrogen-bond donors (Lipinski definition) is 1. The van der Waals surface area contributed by atoms with Gasteiger partial charge in [-0.3, -0.25) is 4.79 Å². The summed E-state index contributed by atoms with van der Waals surface area (Å²) in [6.45, 7) is 1.57. The number of hydrogen-bond acceptors (Lipinski definition) is 7. The third-order valence-electron chi connectivity index (χ3n) is 3.13. The molecule has 3 aromatic heterocycles. The molecule has 0 unspecified atom stereocenters. The summed E-state index contributed by atoms with van der Waals surface area (Å²) in [5, 5.41) is 9.11. The van der Waals surface area contributed by atoms with E-state index in [1.54, 1.807) is 28.1 Å². The van der Waals surface area contributed by atoms with Gasteiger partial charge >= 0.3 is 5.97 Å². The topological polar surface area (TPSA) is 68.3 Å². The van der Waals surface area contributed by atoms with E-state index < -0.39 is 5.97 Å². The van der Waals surface area contributed by atoms with E-state index in [0.717, 1.165) is 14.8 Å². The largest absolute Gasteiger partial charge is 0.451 e. The summed E-state index contributed by atoms with van der Waals surface area (Å²) in [6, 6.07) is 7.64. The van der Waals surface area contributed by atoms with E-state index in [0.29, 0.717) is 0 Å². The Morgan fingerprint density at radius 1 is 1.21 bits per heavy atom. The number of nitrogens with zero attached hydrogens (tertiary/aromatic N) is 1. The molecular formula is C16H14N2O3S3. The number of carbonyl (C=O) groups excluding carboxylic acids is 2. The minimum Gasteiger partial charge on any atom is -0.451 e. The minimum atomic E-state index is -0.590. The fourth-order valence-electron chi connectivity index (χ4n) is 1.98. The van der Waals surface area contributed by atoms with E-state index >= 15 is 0 Å². The van der Waals surface area contributed by atoms with Gasteiger partial charge in [0.05, 0.1) is 10.9 Å². The molecule has 124 valence electrons. The van der Waals surface area contributed by atoms with Crippen molar-refractivity contribution in [3.63, 3.8) is 0 Å². The zero-order chi connectivity index (χ0) is 16.9. The lowest BCUT2D eigenvalue weighted by molar-refractivity contribution is -0.124. The Morgan fingerprint density at radius 3 is 2.71 bits per heavy atom. The highest BCUT2D eigenvalue weighted by molar-refractivity contribution is 7.20.